The first kappa shape index (κ1) is 7.64. The summed E-state index contributed by atoms with van der Waals surface area (Å²) in [5, 5.41) is 0. The van der Waals surface area contributed by atoms with E-state index in [9.17, 15) is 0 Å². The summed E-state index contributed by atoms with van der Waals surface area (Å²) in [7, 11) is 0. The van der Waals surface area contributed by atoms with Gasteiger partial charge in [-0.15, -0.1) is 0 Å². The molecule has 0 aromatic heterocycles. The molecule has 0 heteroatoms. The van der Waals surface area contributed by atoms with E-state index in [1.807, 2.05) is 0 Å². The molecular formula is C11H20. The van der Waals surface area contributed by atoms with Crippen LogP contribution in [-0.2, 0) is 0 Å². The van der Waals surface area contributed by atoms with Crippen LogP contribution in [-0.4, -0.2) is 0 Å². The second kappa shape index (κ2) is 2.50. The molecule has 2 saturated carbocycles. The number of fused-ring (bicyclic) bond motifs is 2. The van der Waals surface area contributed by atoms with Crippen molar-refractivity contribution in [3.05, 3.63) is 0 Å². The predicted octanol–water partition coefficient (Wildman–Crippen LogP) is 3.61. The molecule has 0 aromatic carbocycles. The van der Waals surface area contributed by atoms with Gasteiger partial charge in [0.2, 0.25) is 0 Å². The lowest BCUT2D eigenvalue weighted by atomic mass is 9.73. The predicted molar refractivity (Wildman–Crippen MR) is 48.5 cm³/mol. The van der Waals surface area contributed by atoms with Gasteiger partial charge >= 0.3 is 0 Å². The summed E-state index contributed by atoms with van der Waals surface area (Å²) < 4.78 is 0. The summed E-state index contributed by atoms with van der Waals surface area (Å²) in [6.07, 6.45) is 9.16. The van der Waals surface area contributed by atoms with E-state index in [1.54, 1.807) is 32.1 Å². The fourth-order valence-corrected chi connectivity index (χ4v) is 3.36. The fraction of sp³-hybridized carbons (Fsp3) is 1.00. The van der Waals surface area contributed by atoms with Gasteiger partial charge in [-0.25, -0.2) is 0 Å². The van der Waals surface area contributed by atoms with Gasteiger partial charge in [-0.2, -0.15) is 0 Å². The first-order valence-electron chi connectivity index (χ1n) is 5.27. The summed E-state index contributed by atoms with van der Waals surface area (Å²) >= 11 is 0. The van der Waals surface area contributed by atoms with Gasteiger partial charge < -0.3 is 0 Å². The van der Waals surface area contributed by atoms with Crippen LogP contribution < -0.4 is 0 Å². The van der Waals surface area contributed by atoms with Crippen molar-refractivity contribution >= 4 is 0 Å². The minimum absolute atomic E-state index is 0.819. The Morgan fingerprint density at radius 2 is 2.00 bits per heavy atom. The van der Waals surface area contributed by atoms with Crippen molar-refractivity contribution in [2.75, 3.05) is 0 Å². The molecule has 0 spiro atoms. The molecule has 2 fully saturated rings. The second-order valence-corrected chi connectivity index (χ2v) is 4.82. The molecule has 1 unspecified atom stereocenters. The monoisotopic (exact) mass is 152 g/mol. The fourth-order valence-electron chi connectivity index (χ4n) is 3.36. The molecule has 0 aromatic rings. The lowest BCUT2D eigenvalue weighted by molar-refractivity contribution is 0.178. The zero-order valence-corrected chi connectivity index (χ0v) is 7.90. The third kappa shape index (κ3) is 1.02. The summed E-state index contributed by atoms with van der Waals surface area (Å²) in [5.41, 5.74) is 0.819. The van der Waals surface area contributed by atoms with E-state index >= 15 is 0 Å². The average Bonchev–Trinajstić information content (AvgIpc) is 2.62. The van der Waals surface area contributed by atoms with Gasteiger partial charge in [-0.3, -0.25) is 0 Å². The summed E-state index contributed by atoms with van der Waals surface area (Å²) in [5.74, 6) is 2.12. The molecule has 2 rings (SSSR count). The molecule has 0 nitrogen and oxygen atoms in total. The van der Waals surface area contributed by atoms with Gasteiger partial charge in [0.1, 0.15) is 0 Å². The zero-order valence-electron chi connectivity index (χ0n) is 7.90. The molecule has 1 atom stereocenters. The molecule has 0 aliphatic heterocycles. The van der Waals surface area contributed by atoms with Crippen molar-refractivity contribution in [2.24, 2.45) is 17.3 Å². The van der Waals surface area contributed by atoms with Crippen LogP contribution in [0.2, 0.25) is 0 Å². The third-order valence-electron chi connectivity index (χ3n) is 4.45. The van der Waals surface area contributed by atoms with Gasteiger partial charge in [0, 0.05) is 0 Å². The Morgan fingerprint density at radius 1 is 1.36 bits per heavy atom. The highest BCUT2D eigenvalue weighted by Crippen LogP contribution is 2.58. The average molecular weight is 152 g/mol. The highest BCUT2D eigenvalue weighted by atomic mass is 14.5. The van der Waals surface area contributed by atoms with Crippen molar-refractivity contribution in [2.45, 2.75) is 52.4 Å². The molecule has 0 radical (unpaired) electrons. The first-order chi connectivity index (χ1) is 5.27. The van der Waals surface area contributed by atoms with E-state index in [1.165, 1.54) is 6.42 Å². The number of rotatable bonds is 2. The second-order valence-electron chi connectivity index (χ2n) is 4.82. The van der Waals surface area contributed by atoms with Crippen LogP contribution in [0.3, 0.4) is 0 Å². The van der Waals surface area contributed by atoms with Crippen LogP contribution >= 0.6 is 0 Å². The van der Waals surface area contributed by atoms with Crippen molar-refractivity contribution < 1.29 is 0 Å². The molecule has 0 N–H and O–H groups in total. The van der Waals surface area contributed by atoms with Gasteiger partial charge in [-0.1, -0.05) is 20.3 Å². The summed E-state index contributed by atoms with van der Waals surface area (Å²) in [6, 6.07) is 0. The molecule has 0 heterocycles. The maximum atomic E-state index is 2.47. The standard InChI is InChI=1S/C11H20/c1-3-9(2)11-6-4-10(8-11)5-7-11/h9-10H,3-8H2,1-2H3. The van der Waals surface area contributed by atoms with Crippen LogP contribution in [0.25, 0.3) is 0 Å². The lowest BCUT2D eigenvalue weighted by Gasteiger charge is -2.32. The zero-order chi connectivity index (χ0) is 7.90. The Hall–Kier alpha value is 0. The van der Waals surface area contributed by atoms with E-state index in [0.29, 0.717) is 0 Å². The van der Waals surface area contributed by atoms with E-state index in [2.05, 4.69) is 13.8 Å². The van der Waals surface area contributed by atoms with E-state index in [0.717, 1.165) is 17.3 Å². The van der Waals surface area contributed by atoms with Gasteiger partial charge in [0.25, 0.3) is 0 Å². The molecule has 2 bridgehead atoms. The van der Waals surface area contributed by atoms with Gasteiger partial charge in [0.15, 0.2) is 0 Å². The van der Waals surface area contributed by atoms with Crippen molar-refractivity contribution in [3.8, 4) is 0 Å². The van der Waals surface area contributed by atoms with Crippen LogP contribution in [0.15, 0.2) is 0 Å². The highest BCUT2D eigenvalue weighted by Gasteiger charge is 2.47. The van der Waals surface area contributed by atoms with Crippen LogP contribution in [0, 0.1) is 17.3 Å². The van der Waals surface area contributed by atoms with Crippen molar-refractivity contribution in [1.82, 2.24) is 0 Å². The lowest BCUT2D eigenvalue weighted by Crippen LogP contribution is -2.22. The van der Waals surface area contributed by atoms with Gasteiger partial charge in [0.05, 0.1) is 0 Å². The number of hydrogen-bond acceptors (Lipinski definition) is 0. The number of hydrogen-bond donors (Lipinski definition) is 0. The Labute approximate surface area is 70.4 Å². The molecule has 11 heavy (non-hydrogen) atoms. The van der Waals surface area contributed by atoms with Crippen LogP contribution in [0.1, 0.15) is 52.4 Å². The van der Waals surface area contributed by atoms with Crippen LogP contribution in [0.4, 0.5) is 0 Å². The molecule has 0 saturated heterocycles. The quantitative estimate of drug-likeness (QED) is 0.567. The highest BCUT2D eigenvalue weighted by molar-refractivity contribution is 4.97. The smallest absolute Gasteiger partial charge is 0.0269 e. The first-order valence-corrected chi connectivity index (χ1v) is 5.27. The normalized spacial score (nSPS) is 44.7. The Bertz CT molecular complexity index is 140. The summed E-state index contributed by atoms with van der Waals surface area (Å²) in [4.78, 5) is 0. The molecule has 64 valence electrons. The maximum Gasteiger partial charge on any atom is -0.0269 e. The van der Waals surface area contributed by atoms with Gasteiger partial charge in [-0.05, 0) is 49.4 Å². The Kier molecular flexibility index (Phi) is 1.74. The molecule has 2 aliphatic rings. The third-order valence-corrected chi connectivity index (χ3v) is 4.45. The minimum Gasteiger partial charge on any atom is -0.0651 e. The minimum atomic E-state index is 0.819. The summed E-state index contributed by atoms with van der Waals surface area (Å²) in [6.45, 7) is 4.82. The topological polar surface area (TPSA) is 0 Å². The SMILES string of the molecule is CCC(C)C12CCC(CC1)C2. The van der Waals surface area contributed by atoms with Crippen LogP contribution in [0.5, 0.6) is 0 Å². The Morgan fingerprint density at radius 3 is 2.36 bits per heavy atom. The largest absolute Gasteiger partial charge is 0.0651 e. The molecule has 2 aliphatic carbocycles. The maximum absolute atomic E-state index is 2.47. The molecule has 0 amide bonds. The van der Waals surface area contributed by atoms with E-state index < -0.39 is 0 Å². The van der Waals surface area contributed by atoms with Crippen molar-refractivity contribution in [3.63, 3.8) is 0 Å². The molecular weight excluding hydrogens is 132 g/mol. The Balaban J connectivity index is 2.09. The van der Waals surface area contributed by atoms with E-state index in [4.69, 9.17) is 0 Å². The van der Waals surface area contributed by atoms with E-state index in [-0.39, 0.29) is 0 Å². The van der Waals surface area contributed by atoms with Crippen molar-refractivity contribution in [1.29, 1.82) is 0 Å².